The molecule has 0 heterocycles. The van der Waals surface area contributed by atoms with Crippen molar-refractivity contribution in [2.75, 3.05) is 7.05 Å². The van der Waals surface area contributed by atoms with E-state index < -0.39 is 0 Å². The molecule has 0 aromatic carbocycles. The van der Waals surface area contributed by atoms with Gasteiger partial charge in [0.25, 0.3) is 0 Å². The van der Waals surface area contributed by atoms with Crippen LogP contribution in [0.4, 0.5) is 0 Å². The Labute approximate surface area is 119 Å². The zero-order chi connectivity index (χ0) is 13.7. The first-order chi connectivity index (χ1) is 9.22. The highest BCUT2D eigenvalue weighted by molar-refractivity contribution is 4.84. The van der Waals surface area contributed by atoms with E-state index in [0.717, 1.165) is 23.8 Å². The first-order valence-corrected chi connectivity index (χ1v) is 8.65. The fourth-order valence-corrected chi connectivity index (χ4v) is 4.37. The molecule has 2 fully saturated rings. The Hall–Kier alpha value is -0.0800. The first kappa shape index (κ1) is 15.3. The lowest BCUT2D eigenvalue weighted by atomic mass is 9.74. The molecule has 19 heavy (non-hydrogen) atoms. The molecule has 2 aliphatic rings. The average Bonchev–Trinajstić information content (AvgIpc) is 2.46. The monoisotopic (exact) mass is 266 g/mol. The number of rotatable bonds is 5. The number of nitrogens with one attached hydrogen (secondary N) is 1. The molecule has 1 unspecified atom stereocenters. The standard InChI is InChI=1S/C17H34N2/c1-3-15-9-6-14(12-17(15)19-2)5-4-13-7-10-16(18)11-8-13/h13-17,19H,3-12,18H2,1-2H3/t13?,14?,15-,16?,17-/m1/s1. The molecular weight excluding hydrogens is 232 g/mol. The van der Waals surface area contributed by atoms with Gasteiger partial charge < -0.3 is 11.1 Å². The van der Waals surface area contributed by atoms with Crippen molar-refractivity contribution in [3.8, 4) is 0 Å². The van der Waals surface area contributed by atoms with E-state index >= 15 is 0 Å². The SMILES string of the molecule is CC[C@@H]1CCC(CCC2CCC(N)CC2)C[C@H]1NC. The van der Waals surface area contributed by atoms with Crippen molar-refractivity contribution in [3.05, 3.63) is 0 Å². The largest absolute Gasteiger partial charge is 0.328 e. The molecule has 2 rings (SSSR count). The van der Waals surface area contributed by atoms with Gasteiger partial charge in [-0.25, -0.2) is 0 Å². The summed E-state index contributed by atoms with van der Waals surface area (Å²) in [5.74, 6) is 2.89. The van der Waals surface area contributed by atoms with Gasteiger partial charge in [0.1, 0.15) is 0 Å². The average molecular weight is 266 g/mol. The normalized spacial score (nSPS) is 40.3. The number of nitrogens with two attached hydrogens (primary N) is 1. The van der Waals surface area contributed by atoms with Gasteiger partial charge in [-0.3, -0.25) is 0 Å². The van der Waals surface area contributed by atoms with Gasteiger partial charge in [-0.05, 0) is 63.3 Å². The molecule has 0 aromatic rings. The lowest BCUT2D eigenvalue weighted by Gasteiger charge is -2.36. The smallest absolute Gasteiger partial charge is 0.00948 e. The number of hydrogen-bond acceptors (Lipinski definition) is 2. The summed E-state index contributed by atoms with van der Waals surface area (Å²) >= 11 is 0. The van der Waals surface area contributed by atoms with Crippen molar-refractivity contribution >= 4 is 0 Å². The first-order valence-electron chi connectivity index (χ1n) is 8.65. The zero-order valence-corrected chi connectivity index (χ0v) is 13.0. The van der Waals surface area contributed by atoms with Crippen molar-refractivity contribution in [2.45, 2.75) is 83.2 Å². The Bertz CT molecular complexity index is 246. The van der Waals surface area contributed by atoms with Gasteiger partial charge in [0.15, 0.2) is 0 Å². The van der Waals surface area contributed by atoms with E-state index in [-0.39, 0.29) is 0 Å². The molecule has 0 aliphatic heterocycles. The van der Waals surface area contributed by atoms with Crippen LogP contribution in [0, 0.1) is 17.8 Å². The summed E-state index contributed by atoms with van der Waals surface area (Å²) < 4.78 is 0. The van der Waals surface area contributed by atoms with E-state index in [1.54, 1.807) is 0 Å². The molecule has 0 spiro atoms. The highest BCUT2D eigenvalue weighted by atomic mass is 14.9. The quantitative estimate of drug-likeness (QED) is 0.796. The van der Waals surface area contributed by atoms with Gasteiger partial charge in [0.2, 0.25) is 0 Å². The minimum Gasteiger partial charge on any atom is -0.328 e. The van der Waals surface area contributed by atoms with Gasteiger partial charge in [0.05, 0.1) is 0 Å². The highest BCUT2D eigenvalue weighted by Gasteiger charge is 2.29. The molecule has 2 saturated carbocycles. The molecule has 112 valence electrons. The molecule has 0 radical (unpaired) electrons. The second-order valence-corrected chi connectivity index (χ2v) is 7.10. The van der Waals surface area contributed by atoms with Crippen molar-refractivity contribution in [1.82, 2.24) is 5.32 Å². The van der Waals surface area contributed by atoms with Crippen LogP contribution in [0.3, 0.4) is 0 Å². The van der Waals surface area contributed by atoms with Crippen LogP contribution in [-0.2, 0) is 0 Å². The summed E-state index contributed by atoms with van der Waals surface area (Å²) in [5.41, 5.74) is 5.99. The molecule has 2 aliphatic carbocycles. The summed E-state index contributed by atoms with van der Waals surface area (Å²) in [6.45, 7) is 2.35. The third-order valence-corrected chi connectivity index (χ3v) is 5.87. The molecule has 0 bridgehead atoms. The van der Waals surface area contributed by atoms with Gasteiger partial charge in [0, 0.05) is 12.1 Å². The van der Waals surface area contributed by atoms with Crippen LogP contribution in [0.25, 0.3) is 0 Å². The zero-order valence-electron chi connectivity index (χ0n) is 13.0. The molecule has 0 amide bonds. The van der Waals surface area contributed by atoms with E-state index in [0.29, 0.717) is 6.04 Å². The molecule has 0 saturated heterocycles. The van der Waals surface area contributed by atoms with Crippen LogP contribution >= 0.6 is 0 Å². The summed E-state index contributed by atoms with van der Waals surface area (Å²) in [6.07, 6.45) is 13.9. The van der Waals surface area contributed by atoms with Crippen LogP contribution in [0.2, 0.25) is 0 Å². The predicted octanol–water partition coefficient (Wildman–Crippen LogP) is 3.70. The van der Waals surface area contributed by atoms with E-state index in [1.807, 2.05) is 0 Å². The van der Waals surface area contributed by atoms with Crippen LogP contribution < -0.4 is 11.1 Å². The van der Waals surface area contributed by atoms with Crippen LogP contribution in [-0.4, -0.2) is 19.1 Å². The minimum atomic E-state index is 0.505. The van der Waals surface area contributed by atoms with Crippen LogP contribution in [0.1, 0.15) is 71.1 Å². The maximum atomic E-state index is 5.99. The fourth-order valence-electron chi connectivity index (χ4n) is 4.37. The third-order valence-electron chi connectivity index (χ3n) is 5.87. The summed E-state index contributed by atoms with van der Waals surface area (Å²) in [4.78, 5) is 0. The Morgan fingerprint density at radius 1 is 0.947 bits per heavy atom. The summed E-state index contributed by atoms with van der Waals surface area (Å²) in [5, 5.41) is 3.56. The fraction of sp³-hybridized carbons (Fsp3) is 1.00. The lowest BCUT2D eigenvalue weighted by Crippen LogP contribution is -2.39. The van der Waals surface area contributed by atoms with E-state index in [2.05, 4.69) is 19.3 Å². The molecule has 2 heteroatoms. The molecule has 3 atom stereocenters. The Morgan fingerprint density at radius 3 is 2.21 bits per heavy atom. The number of hydrogen-bond donors (Lipinski definition) is 2. The van der Waals surface area contributed by atoms with Crippen molar-refractivity contribution in [3.63, 3.8) is 0 Å². The van der Waals surface area contributed by atoms with E-state index in [9.17, 15) is 0 Å². The predicted molar refractivity (Wildman–Crippen MR) is 83.1 cm³/mol. The van der Waals surface area contributed by atoms with Gasteiger partial charge in [-0.15, -0.1) is 0 Å². The molecule has 3 N–H and O–H groups in total. The molecule has 2 nitrogen and oxygen atoms in total. The van der Waals surface area contributed by atoms with Crippen LogP contribution in [0.15, 0.2) is 0 Å². The Kier molecular flexibility index (Phi) is 6.15. The van der Waals surface area contributed by atoms with Gasteiger partial charge in [-0.1, -0.05) is 32.6 Å². The van der Waals surface area contributed by atoms with E-state index in [1.165, 1.54) is 64.2 Å². The highest BCUT2D eigenvalue weighted by Crippen LogP contribution is 2.36. The Balaban J connectivity index is 1.69. The second kappa shape index (κ2) is 7.64. The Morgan fingerprint density at radius 2 is 1.58 bits per heavy atom. The topological polar surface area (TPSA) is 38.0 Å². The van der Waals surface area contributed by atoms with Gasteiger partial charge in [-0.2, -0.15) is 0 Å². The molecular formula is C17H34N2. The summed E-state index contributed by atoms with van der Waals surface area (Å²) in [6, 6.07) is 1.29. The minimum absolute atomic E-state index is 0.505. The van der Waals surface area contributed by atoms with Gasteiger partial charge >= 0.3 is 0 Å². The van der Waals surface area contributed by atoms with Crippen LogP contribution in [0.5, 0.6) is 0 Å². The maximum Gasteiger partial charge on any atom is 0.00948 e. The summed E-state index contributed by atoms with van der Waals surface area (Å²) in [7, 11) is 2.15. The van der Waals surface area contributed by atoms with Crippen molar-refractivity contribution < 1.29 is 0 Å². The second-order valence-electron chi connectivity index (χ2n) is 7.10. The lowest BCUT2D eigenvalue weighted by molar-refractivity contribution is 0.186. The van der Waals surface area contributed by atoms with Crippen molar-refractivity contribution in [1.29, 1.82) is 0 Å². The third kappa shape index (κ3) is 4.46. The maximum absolute atomic E-state index is 5.99. The van der Waals surface area contributed by atoms with Crippen molar-refractivity contribution in [2.24, 2.45) is 23.5 Å². The molecule has 0 aromatic heterocycles. The van der Waals surface area contributed by atoms with E-state index in [4.69, 9.17) is 5.73 Å².